The van der Waals surface area contributed by atoms with Crippen LogP contribution in [-0.2, 0) is 0 Å². The van der Waals surface area contributed by atoms with Crippen molar-refractivity contribution in [1.82, 2.24) is 10.2 Å². The number of carbonyl (C=O) groups is 1. The maximum Gasteiger partial charge on any atom is 0.254 e. The molecule has 132 valence electrons. The minimum Gasteiger partial charge on any atom is -0.494 e. The third kappa shape index (κ3) is 4.22. The second kappa shape index (κ2) is 7.75. The SMILES string of the molecule is CN(C)C(=O)c1ccc(OCC[C@H]2C[C@H]2C2CCNCC2)cc1Cl. The Morgan fingerprint density at radius 2 is 2.08 bits per heavy atom. The monoisotopic (exact) mass is 350 g/mol. The second-order valence-corrected chi connectivity index (χ2v) is 7.63. The topological polar surface area (TPSA) is 41.6 Å². The van der Waals surface area contributed by atoms with E-state index in [1.54, 1.807) is 26.2 Å². The van der Waals surface area contributed by atoms with Crippen LogP contribution in [0.3, 0.4) is 0 Å². The highest BCUT2D eigenvalue weighted by molar-refractivity contribution is 6.34. The number of amides is 1. The maximum atomic E-state index is 12.0. The third-order valence-electron chi connectivity index (χ3n) is 5.30. The van der Waals surface area contributed by atoms with Crippen LogP contribution in [0, 0.1) is 17.8 Å². The highest BCUT2D eigenvalue weighted by Crippen LogP contribution is 2.49. The molecular weight excluding hydrogens is 324 g/mol. The van der Waals surface area contributed by atoms with Crippen LogP contribution in [0.5, 0.6) is 5.75 Å². The number of carbonyl (C=O) groups excluding carboxylic acids is 1. The zero-order chi connectivity index (χ0) is 17.1. The predicted molar refractivity (Wildman–Crippen MR) is 96.8 cm³/mol. The van der Waals surface area contributed by atoms with E-state index in [1.165, 1.54) is 37.3 Å². The van der Waals surface area contributed by atoms with E-state index in [4.69, 9.17) is 16.3 Å². The van der Waals surface area contributed by atoms with E-state index in [2.05, 4.69) is 5.32 Å². The van der Waals surface area contributed by atoms with Gasteiger partial charge in [0.1, 0.15) is 5.75 Å². The van der Waals surface area contributed by atoms with Gasteiger partial charge in [0.2, 0.25) is 0 Å². The Balaban J connectivity index is 1.44. The summed E-state index contributed by atoms with van der Waals surface area (Å²) in [5.41, 5.74) is 0.516. The lowest BCUT2D eigenvalue weighted by molar-refractivity contribution is 0.0827. The second-order valence-electron chi connectivity index (χ2n) is 7.23. The molecule has 5 heteroatoms. The van der Waals surface area contributed by atoms with E-state index in [-0.39, 0.29) is 5.91 Å². The molecule has 4 nitrogen and oxygen atoms in total. The van der Waals surface area contributed by atoms with Crippen molar-refractivity contribution in [1.29, 1.82) is 0 Å². The number of nitrogens with one attached hydrogen (secondary N) is 1. The summed E-state index contributed by atoms with van der Waals surface area (Å²) in [5, 5.41) is 3.89. The fourth-order valence-corrected chi connectivity index (χ4v) is 4.03. The number of hydrogen-bond donors (Lipinski definition) is 1. The summed E-state index contributed by atoms with van der Waals surface area (Å²) in [4.78, 5) is 13.5. The van der Waals surface area contributed by atoms with Crippen molar-refractivity contribution in [2.75, 3.05) is 33.8 Å². The quantitative estimate of drug-likeness (QED) is 0.854. The largest absolute Gasteiger partial charge is 0.494 e. The zero-order valence-corrected chi connectivity index (χ0v) is 15.3. The molecule has 2 aliphatic rings. The molecule has 1 saturated heterocycles. The summed E-state index contributed by atoms with van der Waals surface area (Å²) in [5.74, 6) is 3.32. The highest BCUT2D eigenvalue weighted by atomic mass is 35.5. The van der Waals surface area contributed by atoms with Crippen LogP contribution in [0.2, 0.25) is 5.02 Å². The molecule has 1 saturated carbocycles. The zero-order valence-electron chi connectivity index (χ0n) is 14.6. The van der Waals surface area contributed by atoms with Crippen LogP contribution in [0.25, 0.3) is 0 Å². The van der Waals surface area contributed by atoms with Crippen molar-refractivity contribution < 1.29 is 9.53 Å². The molecule has 1 aliphatic heterocycles. The van der Waals surface area contributed by atoms with E-state index in [9.17, 15) is 4.79 Å². The smallest absolute Gasteiger partial charge is 0.254 e. The standard InChI is InChI=1S/C19H27ClN2O2/c1-22(2)19(23)16-4-3-15(12-18(16)20)24-10-7-14-11-17(14)13-5-8-21-9-6-13/h3-4,12-14,17,21H,5-11H2,1-2H3/t14-,17-/m0/s1. The van der Waals surface area contributed by atoms with E-state index < -0.39 is 0 Å². The summed E-state index contributed by atoms with van der Waals surface area (Å²) in [6.07, 6.45) is 5.15. The van der Waals surface area contributed by atoms with Gasteiger partial charge in [0.25, 0.3) is 5.91 Å². The Labute approximate surface area is 149 Å². The molecule has 0 spiro atoms. The van der Waals surface area contributed by atoms with Crippen molar-refractivity contribution in [3.05, 3.63) is 28.8 Å². The molecule has 0 bridgehead atoms. The van der Waals surface area contributed by atoms with Crippen LogP contribution in [0.15, 0.2) is 18.2 Å². The Hall–Kier alpha value is -1.26. The minimum absolute atomic E-state index is 0.0886. The van der Waals surface area contributed by atoms with Gasteiger partial charge in [0, 0.05) is 14.1 Å². The molecule has 1 aromatic rings. The van der Waals surface area contributed by atoms with Crippen molar-refractivity contribution >= 4 is 17.5 Å². The first-order valence-electron chi connectivity index (χ1n) is 8.91. The normalized spacial score (nSPS) is 23.8. The van der Waals surface area contributed by atoms with E-state index in [1.807, 2.05) is 6.07 Å². The molecule has 1 amide bonds. The average molecular weight is 351 g/mol. The van der Waals surface area contributed by atoms with Gasteiger partial charge < -0.3 is 15.0 Å². The van der Waals surface area contributed by atoms with Gasteiger partial charge in [-0.15, -0.1) is 0 Å². The number of benzene rings is 1. The van der Waals surface area contributed by atoms with Crippen molar-refractivity contribution in [2.45, 2.75) is 25.7 Å². The molecule has 0 radical (unpaired) electrons. The van der Waals surface area contributed by atoms with Crippen LogP contribution >= 0.6 is 11.6 Å². The lowest BCUT2D eigenvalue weighted by Crippen LogP contribution is -2.29. The molecule has 2 fully saturated rings. The lowest BCUT2D eigenvalue weighted by atomic mass is 9.91. The number of rotatable bonds is 6. The first kappa shape index (κ1) is 17.6. The summed E-state index contributed by atoms with van der Waals surface area (Å²) in [6.45, 7) is 3.09. The molecule has 0 aromatic heterocycles. The van der Waals surface area contributed by atoms with Crippen molar-refractivity contribution in [2.24, 2.45) is 17.8 Å². The molecule has 2 atom stereocenters. The van der Waals surface area contributed by atoms with Gasteiger partial charge >= 0.3 is 0 Å². The molecule has 1 aromatic carbocycles. The summed E-state index contributed by atoms with van der Waals surface area (Å²) >= 11 is 6.21. The third-order valence-corrected chi connectivity index (χ3v) is 5.61. The van der Waals surface area contributed by atoms with Gasteiger partial charge in [-0.25, -0.2) is 0 Å². The molecule has 3 rings (SSSR count). The summed E-state index contributed by atoms with van der Waals surface area (Å²) < 4.78 is 5.85. The first-order chi connectivity index (χ1) is 11.6. The Bertz CT molecular complexity index is 585. The van der Waals surface area contributed by atoms with Crippen LogP contribution in [0.1, 0.15) is 36.0 Å². The van der Waals surface area contributed by atoms with Gasteiger partial charge in [-0.3, -0.25) is 4.79 Å². The van der Waals surface area contributed by atoms with Gasteiger partial charge in [0.15, 0.2) is 0 Å². The molecular formula is C19H27ClN2O2. The fourth-order valence-electron chi connectivity index (χ4n) is 3.78. The van der Waals surface area contributed by atoms with Gasteiger partial charge in [-0.05, 0) is 74.7 Å². The molecule has 1 aliphatic carbocycles. The lowest BCUT2D eigenvalue weighted by Gasteiger charge is -2.22. The van der Waals surface area contributed by atoms with Gasteiger partial charge in [0.05, 0.1) is 17.2 Å². The Morgan fingerprint density at radius 1 is 1.33 bits per heavy atom. The number of hydrogen-bond acceptors (Lipinski definition) is 3. The average Bonchev–Trinajstić information content (AvgIpc) is 3.35. The first-order valence-corrected chi connectivity index (χ1v) is 9.28. The highest BCUT2D eigenvalue weighted by Gasteiger charge is 2.42. The van der Waals surface area contributed by atoms with E-state index in [0.717, 1.165) is 36.5 Å². The van der Waals surface area contributed by atoms with Crippen molar-refractivity contribution in [3.8, 4) is 5.75 Å². The number of halogens is 1. The fraction of sp³-hybridized carbons (Fsp3) is 0.632. The maximum absolute atomic E-state index is 12.0. The van der Waals surface area contributed by atoms with Gasteiger partial charge in [-0.2, -0.15) is 0 Å². The van der Waals surface area contributed by atoms with E-state index >= 15 is 0 Å². The number of piperidine rings is 1. The minimum atomic E-state index is -0.0886. The van der Waals surface area contributed by atoms with Crippen LogP contribution < -0.4 is 10.1 Å². The van der Waals surface area contributed by atoms with Crippen LogP contribution in [-0.4, -0.2) is 44.6 Å². The molecule has 24 heavy (non-hydrogen) atoms. The number of ether oxygens (including phenoxy) is 1. The summed E-state index contributed by atoms with van der Waals surface area (Å²) in [7, 11) is 3.44. The Kier molecular flexibility index (Phi) is 5.67. The summed E-state index contributed by atoms with van der Waals surface area (Å²) in [6, 6.07) is 5.32. The Morgan fingerprint density at radius 3 is 2.75 bits per heavy atom. The van der Waals surface area contributed by atoms with Crippen LogP contribution in [0.4, 0.5) is 0 Å². The van der Waals surface area contributed by atoms with Crippen molar-refractivity contribution in [3.63, 3.8) is 0 Å². The van der Waals surface area contributed by atoms with Gasteiger partial charge in [-0.1, -0.05) is 11.6 Å². The molecule has 0 unspecified atom stereocenters. The number of nitrogens with zero attached hydrogens (tertiary/aromatic N) is 1. The van der Waals surface area contributed by atoms with E-state index in [0.29, 0.717) is 10.6 Å². The molecule has 1 N–H and O–H groups in total. The predicted octanol–water partition coefficient (Wildman–Crippen LogP) is 3.45. The molecule has 1 heterocycles.